The van der Waals surface area contributed by atoms with Gasteiger partial charge in [0.15, 0.2) is 5.52 Å². The van der Waals surface area contributed by atoms with Crippen LogP contribution in [0.4, 0.5) is 0 Å². The lowest BCUT2D eigenvalue weighted by atomic mass is 10.2. The number of aromatic nitrogens is 4. The van der Waals surface area contributed by atoms with E-state index in [1.165, 1.54) is 6.20 Å². The van der Waals surface area contributed by atoms with Gasteiger partial charge in [0.1, 0.15) is 11.1 Å². The van der Waals surface area contributed by atoms with Gasteiger partial charge >= 0.3 is 5.97 Å². The van der Waals surface area contributed by atoms with Gasteiger partial charge in [-0.25, -0.2) is 14.5 Å². The number of fused-ring (bicyclic) bond motifs is 1. The molecule has 0 bridgehead atoms. The highest BCUT2D eigenvalue weighted by molar-refractivity contribution is 6.02. The Bertz CT molecular complexity index is 639. The second kappa shape index (κ2) is 7.72. The standard InChI is InChI=1S/C15H22N4O3/c1-4-6-8-21-14-12-13(19(3)18-17-12)11(10-16-14)15(20)22-9-7-5-2/h10H,4-9H2,1-3H3. The van der Waals surface area contributed by atoms with Crippen LogP contribution < -0.4 is 4.74 Å². The molecule has 7 heteroatoms. The molecule has 22 heavy (non-hydrogen) atoms. The van der Waals surface area contributed by atoms with E-state index in [0.29, 0.717) is 35.7 Å². The summed E-state index contributed by atoms with van der Waals surface area (Å²) in [5.41, 5.74) is 1.44. The molecule has 2 aromatic rings. The van der Waals surface area contributed by atoms with Gasteiger partial charge in [-0.2, -0.15) is 0 Å². The number of nitrogens with zero attached hydrogens (tertiary/aromatic N) is 4. The van der Waals surface area contributed by atoms with Crippen LogP contribution in [-0.2, 0) is 11.8 Å². The van der Waals surface area contributed by atoms with Crippen LogP contribution in [-0.4, -0.2) is 39.2 Å². The number of hydrogen-bond donors (Lipinski definition) is 0. The Kier molecular flexibility index (Phi) is 5.68. The molecule has 0 saturated heterocycles. The highest BCUT2D eigenvalue weighted by Gasteiger charge is 2.20. The Morgan fingerprint density at radius 2 is 1.95 bits per heavy atom. The molecule has 0 atom stereocenters. The summed E-state index contributed by atoms with van der Waals surface area (Å²) in [6.45, 7) is 5.09. The number of rotatable bonds is 8. The van der Waals surface area contributed by atoms with Crippen molar-refractivity contribution in [2.75, 3.05) is 13.2 Å². The number of esters is 1. The minimum Gasteiger partial charge on any atom is -0.476 e. The number of carbonyl (C=O) groups excluding carboxylic acids is 1. The smallest absolute Gasteiger partial charge is 0.341 e. The lowest BCUT2D eigenvalue weighted by Crippen LogP contribution is -2.10. The molecule has 0 unspecified atom stereocenters. The fraction of sp³-hybridized carbons (Fsp3) is 0.600. The minimum atomic E-state index is -0.406. The minimum absolute atomic E-state index is 0.362. The molecule has 120 valence electrons. The summed E-state index contributed by atoms with van der Waals surface area (Å²) in [5, 5.41) is 8.02. The van der Waals surface area contributed by atoms with Crippen LogP contribution in [0.15, 0.2) is 6.20 Å². The first-order chi connectivity index (χ1) is 10.7. The Morgan fingerprint density at radius 3 is 2.68 bits per heavy atom. The van der Waals surface area contributed by atoms with Crippen molar-refractivity contribution in [3.05, 3.63) is 11.8 Å². The Hall–Kier alpha value is -2.18. The number of unbranched alkanes of at least 4 members (excludes halogenated alkanes) is 2. The summed E-state index contributed by atoms with van der Waals surface area (Å²) < 4.78 is 12.4. The van der Waals surface area contributed by atoms with Crippen LogP contribution in [0.1, 0.15) is 49.9 Å². The molecule has 2 heterocycles. The largest absolute Gasteiger partial charge is 0.476 e. The van der Waals surface area contributed by atoms with Crippen molar-refractivity contribution in [2.45, 2.75) is 39.5 Å². The van der Waals surface area contributed by atoms with Crippen LogP contribution in [0.25, 0.3) is 11.0 Å². The zero-order chi connectivity index (χ0) is 15.9. The predicted molar refractivity (Wildman–Crippen MR) is 81.9 cm³/mol. The van der Waals surface area contributed by atoms with Crippen molar-refractivity contribution in [1.82, 2.24) is 20.0 Å². The van der Waals surface area contributed by atoms with Crippen molar-refractivity contribution >= 4 is 17.0 Å². The van der Waals surface area contributed by atoms with Crippen LogP contribution in [0, 0.1) is 0 Å². The molecule has 0 radical (unpaired) electrons. The molecule has 0 fully saturated rings. The number of carbonyl (C=O) groups is 1. The van der Waals surface area contributed by atoms with E-state index in [1.54, 1.807) is 11.7 Å². The van der Waals surface area contributed by atoms with E-state index in [9.17, 15) is 4.79 Å². The summed E-state index contributed by atoms with van der Waals surface area (Å²) in [5.74, 6) is -0.00174. The zero-order valence-electron chi connectivity index (χ0n) is 13.3. The van der Waals surface area contributed by atoms with Crippen LogP contribution in [0.5, 0.6) is 5.88 Å². The van der Waals surface area contributed by atoms with E-state index in [-0.39, 0.29) is 0 Å². The van der Waals surface area contributed by atoms with Gasteiger partial charge in [0.25, 0.3) is 0 Å². The third-order valence-electron chi connectivity index (χ3n) is 3.28. The third-order valence-corrected chi connectivity index (χ3v) is 3.28. The van der Waals surface area contributed by atoms with E-state index in [4.69, 9.17) is 9.47 Å². The maximum atomic E-state index is 12.2. The predicted octanol–water partition coefficient (Wildman–Crippen LogP) is 2.50. The SMILES string of the molecule is CCCCOC(=O)c1cnc(OCCCC)c2nnn(C)c12. The van der Waals surface area contributed by atoms with Crippen molar-refractivity contribution in [2.24, 2.45) is 7.05 Å². The van der Waals surface area contributed by atoms with Crippen molar-refractivity contribution in [3.63, 3.8) is 0 Å². The quantitative estimate of drug-likeness (QED) is 0.550. The molecule has 7 nitrogen and oxygen atoms in total. The number of ether oxygens (including phenoxy) is 2. The third kappa shape index (κ3) is 3.52. The summed E-state index contributed by atoms with van der Waals surface area (Å²) in [7, 11) is 1.73. The molecule has 2 rings (SSSR count). The highest BCUT2D eigenvalue weighted by Crippen LogP contribution is 2.24. The van der Waals surface area contributed by atoms with Crippen molar-refractivity contribution in [1.29, 1.82) is 0 Å². The van der Waals surface area contributed by atoms with Gasteiger partial charge in [0.2, 0.25) is 5.88 Å². The van der Waals surface area contributed by atoms with Gasteiger partial charge in [0.05, 0.1) is 13.2 Å². The molecule has 0 aliphatic heterocycles. The maximum Gasteiger partial charge on any atom is 0.341 e. The normalized spacial score (nSPS) is 10.9. The molecule has 0 saturated carbocycles. The first-order valence-electron chi connectivity index (χ1n) is 7.67. The van der Waals surface area contributed by atoms with Gasteiger partial charge in [0, 0.05) is 13.2 Å². The zero-order valence-corrected chi connectivity index (χ0v) is 13.3. The fourth-order valence-electron chi connectivity index (χ4n) is 2.00. The molecule has 0 aliphatic carbocycles. The van der Waals surface area contributed by atoms with Gasteiger partial charge in [-0.3, -0.25) is 0 Å². The first-order valence-corrected chi connectivity index (χ1v) is 7.67. The number of hydrogen-bond acceptors (Lipinski definition) is 6. The summed E-state index contributed by atoms with van der Waals surface area (Å²) in [6, 6.07) is 0. The summed E-state index contributed by atoms with van der Waals surface area (Å²) in [4.78, 5) is 16.4. The average molecular weight is 306 g/mol. The molecule has 0 spiro atoms. The summed E-state index contributed by atoms with van der Waals surface area (Å²) >= 11 is 0. The van der Waals surface area contributed by atoms with Crippen molar-refractivity contribution < 1.29 is 14.3 Å². The van der Waals surface area contributed by atoms with Crippen LogP contribution >= 0.6 is 0 Å². The lowest BCUT2D eigenvalue weighted by molar-refractivity contribution is 0.0501. The average Bonchev–Trinajstić information content (AvgIpc) is 2.90. The second-order valence-electron chi connectivity index (χ2n) is 5.08. The molecule has 0 aliphatic rings. The van der Waals surface area contributed by atoms with E-state index in [0.717, 1.165) is 25.7 Å². The van der Waals surface area contributed by atoms with Gasteiger partial charge < -0.3 is 9.47 Å². The molecular formula is C15H22N4O3. The molecule has 0 N–H and O–H groups in total. The Labute approximate surface area is 129 Å². The van der Waals surface area contributed by atoms with E-state index in [2.05, 4.69) is 22.2 Å². The van der Waals surface area contributed by atoms with Crippen molar-refractivity contribution in [3.8, 4) is 5.88 Å². The topological polar surface area (TPSA) is 79.1 Å². The van der Waals surface area contributed by atoms with Crippen LogP contribution in [0.2, 0.25) is 0 Å². The number of pyridine rings is 1. The monoisotopic (exact) mass is 306 g/mol. The molecular weight excluding hydrogens is 284 g/mol. The van der Waals surface area contributed by atoms with E-state index in [1.807, 2.05) is 6.92 Å². The highest BCUT2D eigenvalue weighted by atomic mass is 16.5. The lowest BCUT2D eigenvalue weighted by Gasteiger charge is -2.08. The van der Waals surface area contributed by atoms with Gasteiger partial charge in [-0.15, -0.1) is 5.10 Å². The Balaban J connectivity index is 2.27. The second-order valence-corrected chi connectivity index (χ2v) is 5.08. The summed E-state index contributed by atoms with van der Waals surface area (Å²) in [6.07, 6.45) is 5.25. The van der Waals surface area contributed by atoms with Gasteiger partial charge in [-0.05, 0) is 12.8 Å². The molecule has 2 aromatic heterocycles. The Morgan fingerprint density at radius 1 is 1.23 bits per heavy atom. The van der Waals surface area contributed by atoms with Crippen LogP contribution in [0.3, 0.4) is 0 Å². The first kappa shape index (κ1) is 16.2. The maximum absolute atomic E-state index is 12.2. The van der Waals surface area contributed by atoms with E-state index >= 15 is 0 Å². The molecule has 0 aromatic carbocycles. The van der Waals surface area contributed by atoms with Gasteiger partial charge in [-0.1, -0.05) is 31.9 Å². The van der Waals surface area contributed by atoms with E-state index < -0.39 is 5.97 Å². The fourth-order valence-corrected chi connectivity index (χ4v) is 2.00. The number of aryl methyl sites for hydroxylation is 1. The molecule has 0 amide bonds.